The first-order chi connectivity index (χ1) is 7.95. The molecule has 17 heavy (non-hydrogen) atoms. The number of amides is 1. The number of carbonyl (C=O) groups is 1. The molecule has 0 aliphatic rings. The van der Waals surface area contributed by atoms with Crippen LogP contribution in [0.5, 0.6) is 0 Å². The van der Waals surface area contributed by atoms with Crippen LogP contribution in [0.3, 0.4) is 0 Å². The molecule has 0 saturated carbocycles. The Morgan fingerprint density at radius 2 is 1.88 bits per heavy atom. The van der Waals surface area contributed by atoms with E-state index in [1.165, 1.54) is 0 Å². The van der Waals surface area contributed by atoms with Crippen LogP contribution in [0.1, 0.15) is 5.56 Å². The maximum Gasteiger partial charge on any atom is 0.401 e. The fourth-order valence-corrected chi connectivity index (χ4v) is 1.62. The first-order valence-corrected chi connectivity index (χ1v) is 5.57. The van der Waals surface area contributed by atoms with E-state index in [-0.39, 0.29) is 6.54 Å². The van der Waals surface area contributed by atoms with E-state index >= 15 is 0 Å². The minimum Gasteiger partial charge on any atom is -0.351 e. The van der Waals surface area contributed by atoms with Crippen molar-refractivity contribution in [1.82, 2.24) is 5.32 Å². The molecule has 2 nitrogen and oxygen atoms in total. The summed E-state index contributed by atoms with van der Waals surface area (Å²) < 4.78 is 37.2. The lowest BCUT2D eigenvalue weighted by atomic mass is 10.1. The zero-order valence-corrected chi connectivity index (χ0v) is 9.76. The SMILES string of the molecule is O=C(NCc1ccccc1)[C@H](CS)C(F)(F)F. The largest absolute Gasteiger partial charge is 0.401 e. The summed E-state index contributed by atoms with van der Waals surface area (Å²) in [5.74, 6) is -3.66. The van der Waals surface area contributed by atoms with Gasteiger partial charge in [-0.2, -0.15) is 25.8 Å². The second-order valence-corrected chi connectivity index (χ2v) is 3.85. The van der Waals surface area contributed by atoms with Gasteiger partial charge in [0.25, 0.3) is 0 Å². The van der Waals surface area contributed by atoms with Crippen LogP contribution < -0.4 is 5.32 Å². The number of nitrogens with one attached hydrogen (secondary N) is 1. The topological polar surface area (TPSA) is 29.1 Å². The van der Waals surface area contributed by atoms with Gasteiger partial charge in [0.15, 0.2) is 0 Å². The van der Waals surface area contributed by atoms with Crippen LogP contribution in [-0.4, -0.2) is 17.8 Å². The fraction of sp³-hybridized carbons (Fsp3) is 0.364. The molecule has 0 fully saturated rings. The molecule has 0 bridgehead atoms. The lowest BCUT2D eigenvalue weighted by molar-refractivity contribution is -0.177. The maximum atomic E-state index is 12.4. The van der Waals surface area contributed by atoms with E-state index in [1.54, 1.807) is 30.3 Å². The Morgan fingerprint density at radius 1 is 1.29 bits per heavy atom. The van der Waals surface area contributed by atoms with Gasteiger partial charge < -0.3 is 5.32 Å². The van der Waals surface area contributed by atoms with Gasteiger partial charge in [-0.15, -0.1) is 0 Å². The predicted molar refractivity (Wildman–Crippen MR) is 61.7 cm³/mol. The van der Waals surface area contributed by atoms with E-state index in [0.717, 1.165) is 5.56 Å². The third kappa shape index (κ3) is 4.30. The van der Waals surface area contributed by atoms with Crippen LogP contribution in [-0.2, 0) is 11.3 Å². The molecule has 1 atom stereocenters. The Kier molecular flexibility index (Phi) is 4.86. The van der Waals surface area contributed by atoms with E-state index in [9.17, 15) is 18.0 Å². The average molecular weight is 263 g/mol. The summed E-state index contributed by atoms with van der Waals surface area (Å²) in [7, 11) is 0. The molecule has 1 amide bonds. The molecule has 6 heteroatoms. The molecule has 0 aliphatic carbocycles. The highest BCUT2D eigenvalue weighted by Gasteiger charge is 2.43. The molecule has 0 aliphatic heterocycles. The van der Waals surface area contributed by atoms with Gasteiger partial charge in [-0.1, -0.05) is 30.3 Å². The van der Waals surface area contributed by atoms with E-state index < -0.39 is 23.8 Å². The highest BCUT2D eigenvalue weighted by Crippen LogP contribution is 2.27. The van der Waals surface area contributed by atoms with Gasteiger partial charge in [0.2, 0.25) is 5.91 Å². The quantitative estimate of drug-likeness (QED) is 0.803. The molecule has 0 aromatic heterocycles. The zero-order chi connectivity index (χ0) is 12.9. The third-order valence-electron chi connectivity index (χ3n) is 2.20. The van der Waals surface area contributed by atoms with Gasteiger partial charge in [-0.3, -0.25) is 4.79 Å². The normalized spacial score (nSPS) is 13.2. The number of benzene rings is 1. The van der Waals surface area contributed by atoms with E-state index in [1.807, 2.05) is 0 Å². The van der Waals surface area contributed by atoms with Crippen molar-refractivity contribution < 1.29 is 18.0 Å². The second kappa shape index (κ2) is 5.95. The van der Waals surface area contributed by atoms with Crippen molar-refractivity contribution in [3.8, 4) is 0 Å². The molecule has 94 valence electrons. The summed E-state index contributed by atoms with van der Waals surface area (Å²) in [6, 6.07) is 8.74. The Morgan fingerprint density at radius 3 is 2.35 bits per heavy atom. The molecule has 0 radical (unpaired) electrons. The summed E-state index contributed by atoms with van der Waals surface area (Å²) >= 11 is 3.55. The molecule has 0 unspecified atom stereocenters. The lowest BCUT2D eigenvalue weighted by Gasteiger charge is -2.17. The Balaban J connectivity index is 2.55. The molecule has 0 heterocycles. The van der Waals surface area contributed by atoms with Crippen molar-refractivity contribution in [2.45, 2.75) is 12.7 Å². The maximum absolute atomic E-state index is 12.4. The summed E-state index contributed by atoms with van der Waals surface area (Å²) in [6.45, 7) is 0.0834. The summed E-state index contributed by atoms with van der Waals surface area (Å²) in [5, 5.41) is 2.25. The van der Waals surface area contributed by atoms with Crippen LogP contribution in [0.25, 0.3) is 0 Å². The Bertz CT molecular complexity index is 367. The van der Waals surface area contributed by atoms with Crippen LogP contribution in [0, 0.1) is 5.92 Å². The Labute approximate surface area is 103 Å². The van der Waals surface area contributed by atoms with E-state index in [2.05, 4.69) is 17.9 Å². The number of rotatable bonds is 4. The molecule has 1 rings (SSSR count). The first-order valence-electron chi connectivity index (χ1n) is 4.94. The molecular formula is C11H12F3NOS. The smallest absolute Gasteiger partial charge is 0.351 e. The van der Waals surface area contributed by atoms with Gasteiger partial charge in [-0.05, 0) is 5.56 Å². The van der Waals surface area contributed by atoms with Gasteiger partial charge in [0, 0.05) is 12.3 Å². The summed E-state index contributed by atoms with van der Waals surface area (Å²) in [5.41, 5.74) is 0.751. The number of carbonyl (C=O) groups excluding carboxylic acids is 1. The molecular weight excluding hydrogens is 251 g/mol. The van der Waals surface area contributed by atoms with Crippen molar-refractivity contribution in [2.75, 3.05) is 5.75 Å². The van der Waals surface area contributed by atoms with Gasteiger partial charge in [0.05, 0.1) is 0 Å². The molecule has 0 spiro atoms. The standard InChI is InChI=1S/C11H12F3NOS/c12-11(13,14)9(7-17)10(16)15-6-8-4-2-1-3-5-8/h1-5,9,17H,6-7H2,(H,15,16)/t9-/m0/s1. The van der Waals surface area contributed by atoms with Crippen molar-refractivity contribution in [2.24, 2.45) is 5.92 Å². The second-order valence-electron chi connectivity index (χ2n) is 3.48. The summed E-state index contributed by atoms with van der Waals surface area (Å²) in [4.78, 5) is 11.3. The van der Waals surface area contributed by atoms with Crippen molar-refractivity contribution in [3.05, 3.63) is 35.9 Å². The van der Waals surface area contributed by atoms with Crippen LogP contribution >= 0.6 is 12.6 Å². The van der Waals surface area contributed by atoms with E-state index in [4.69, 9.17) is 0 Å². The van der Waals surface area contributed by atoms with Crippen LogP contribution in [0.4, 0.5) is 13.2 Å². The fourth-order valence-electron chi connectivity index (χ4n) is 1.24. The lowest BCUT2D eigenvalue weighted by Crippen LogP contribution is -2.40. The van der Waals surface area contributed by atoms with Crippen LogP contribution in [0.15, 0.2) is 30.3 Å². The molecule has 1 aromatic rings. The van der Waals surface area contributed by atoms with E-state index in [0.29, 0.717) is 0 Å². The predicted octanol–water partition coefficient (Wildman–Crippen LogP) is 2.41. The number of alkyl halides is 3. The average Bonchev–Trinajstić information content (AvgIpc) is 2.27. The van der Waals surface area contributed by atoms with Crippen molar-refractivity contribution in [3.63, 3.8) is 0 Å². The number of hydrogen-bond acceptors (Lipinski definition) is 2. The van der Waals surface area contributed by atoms with Crippen molar-refractivity contribution >= 4 is 18.5 Å². The number of hydrogen-bond donors (Lipinski definition) is 2. The van der Waals surface area contributed by atoms with Crippen LogP contribution in [0.2, 0.25) is 0 Å². The number of halogens is 3. The van der Waals surface area contributed by atoms with Crippen molar-refractivity contribution in [1.29, 1.82) is 0 Å². The summed E-state index contributed by atoms with van der Waals surface area (Å²) in [6.07, 6.45) is -4.55. The van der Waals surface area contributed by atoms with Gasteiger partial charge >= 0.3 is 6.18 Å². The molecule has 1 N–H and O–H groups in total. The highest BCUT2D eigenvalue weighted by atomic mass is 32.1. The van der Waals surface area contributed by atoms with Gasteiger partial charge in [0.1, 0.15) is 5.92 Å². The Hall–Kier alpha value is -1.17. The minimum atomic E-state index is -4.55. The zero-order valence-electron chi connectivity index (χ0n) is 8.87. The molecule has 1 aromatic carbocycles. The highest BCUT2D eigenvalue weighted by molar-refractivity contribution is 7.80. The monoisotopic (exact) mass is 263 g/mol. The third-order valence-corrected chi connectivity index (χ3v) is 2.57. The van der Waals surface area contributed by atoms with Gasteiger partial charge in [-0.25, -0.2) is 0 Å². The molecule has 0 saturated heterocycles. The number of thiol groups is 1. The minimum absolute atomic E-state index is 0.0834. The first kappa shape index (κ1) is 13.9.